The van der Waals surface area contributed by atoms with Crippen LogP contribution < -0.4 is 15.7 Å². The summed E-state index contributed by atoms with van der Waals surface area (Å²) in [4.78, 5) is 38.5. The highest BCUT2D eigenvalue weighted by Gasteiger charge is 2.28. The molecule has 0 saturated carbocycles. The first-order valence-electron chi connectivity index (χ1n) is 12.2. The van der Waals surface area contributed by atoms with Crippen molar-refractivity contribution < 1.29 is 23.5 Å². The summed E-state index contributed by atoms with van der Waals surface area (Å²) >= 11 is 0. The number of aryl methyl sites for hydroxylation is 2. The summed E-state index contributed by atoms with van der Waals surface area (Å²) in [6.45, 7) is 12.8. The molecular weight excluding hydrogens is 458 g/mol. The number of carbonyl (C=O) groups is 2. The van der Waals surface area contributed by atoms with E-state index in [-0.39, 0.29) is 11.7 Å². The van der Waals surface area contributed by atoms with Crippen molar-refractivity contribution in [3.05, 3.63) is 75.1 Å². The molecule has 2 aromatic carbocycles. The topological polar surface area (TPSA) is 94.8 Å². The lowest BCUT2D eigenvalue weighted by Gasteiger charge is -2.24. The van der Waals surface area contributed by atoms with Gasteiger partial charge in [-0.05, 0) is 75.8 Å². The van der Waals surface area contributed by atoms with Crippen molar-refractivity contribution in [3.8, 4) is 5.75 Å². The van der Waals surface area contributed by atoms with Crippen LogP contribution in [-0.4, -0.2) is 23.7 Å². The number of fused-ring (bicyclic) bond motifs is 1. The Labute approximate surface area is 211 Å². The van der Waals surface area contributed by atoms with E-state index >= 15 is 0 Å². The van der Waals surface area contributed by atoms with Crippen LogP contribution in [0.2, 0.25) is 0 Å². The molecule has 7 heteroatoms. The van der Waals surface area contributed by atoms with Crippen LogP contribution >= 0.6 is 0 Å². The Morgan fingerprint density at radius 3 is 2.33 bits per heavy atom. The minimum Gasteiger partial charge on any atom is -0.444 e. The minimum absolute atomic E-state index is 0.115. The number of alkyl carbamates (subject to hydrolysis) is 1. The van der Waals surface area contributed by atoms with E-state index in [9.17, 15) is 14.4 Å². The van der Waals surface area contributed by atoms with E-state index in [2.05, 4.69) is 5.32 Å². The first-order chi connectivity index (χ1) is 16.8. The molecule has 3 rings (SSSR count). The second-order valence-corrected chi connectivity index (χ2v) is 10.5. The first kappa shape index (κ1) is 27.0. The Balaban J connectivity index is 1.99. The molecule has 3 aromatic rings. The van der Waals surface area contributed by atoms with E-state index in [1.54, 1.807) is 32.9 Å². The van der Waals surface area contributed by atoms with Gasteiger partial charge in [0.05, 0.1) is 5.39 Å². The molecule has 7 nitrogen and oxygen atoms in total. The molecule has 0 bridgehead atoms. The SMILES string of the molecule is Cc1cc(OC(=O)C(CC(C)C)NC(=O)OC(C)(C)C)c2c(C)c(Cc3ccccc3)c(=O)oc2c1. The lowest BCUT2D eigenvalue weighted by Crippen LogP contribution is -2.45. The molecule has 0 spiro atoms. The number of ether oxygens (including phenoxy) is 2. The van der Waals surface area contributed by atoms with Gasteiger partial charge in [0, 0.05) is 12.0 Å². The molecule has 36 heavy (non-hydrogen) atoms. The third-order valence-corrected chi connectivity index (χ3v) is 5.60. The Kier molecular flexibility index (Phi) is 8.23. The Hall–Kier alpha value is -3.61. The van der Waals surface area contributed by atoms with Gasteiger partial charge < -0.3 is 19.2 Å². The van der Waals surface area contributed by atoms with Crippen molar-refractivity contribution in [2.45, 2.75) is 73.0 Å². The molecule has 0 fully saturated rings. The summed E-state index contributed by atoms with van der Waals surface area (Å²) in [5.74, 6) is -0.217. The van der Waals surface area contributed by atoms with Crippen LogP contribution in [0.1, 0.15) is 63.3 Å². The van der Waals surface area contributed by atoms with Gasteiger partial charge in [0.1, 0.15) is 23.0 Å². The summed E-state index contributed by atoms with van der Waals surface area (Å²) in [6.07, 6.45) is 0.0730. The van der Waals surface area contributed by atoms with Crippen LogP contribution in [0.15, 0.2) is 51.7 Å². The summed E-state index contributed by atoms with van der Waals surface area (Å²) in [7, 11) is 0. The van der Waals surface area contributed by atoms with Gasteiger partial charge in [-0.15, -0.1) is 0 Å². The van der Waals surface area contributed by atoms with E-state index in [4.69, 9.17) is 13.9 Å². The fourth-order valence-electron chi connectivity index (χ4n) is 4.04. The highest BCUT2D eigenvalue weighted by Crippen LogP contribution is 2.32. The standard InChI is InChI=1S/C29H35NO6/c1-17(2)13-22(30-28(33)36-29(5,6)7)27(32)35-24-15-18(3)14-23-25(24)19(4)21(26(31)34-23)16-20-11-9-8-10-12-20/h8-12,14-15,17,22H,13,16H2,1-7H3,(H,30,33). The van der Waals surface area contributed by atoms with Crippen molar-refractivity contribution in [1.82, 2.24) is 5.32 Å². The fraction of sp³-hybridized carbons (Fsp3) is 0.414. The molecule has 0 radical (unpaired) electrons. The average molecular weight is 494 g/mol. The molecule has 1 amide bonds. The van der Waals surface area contributed by atoms with Crippen LogP contribution in [0, 0.1) is 19.8 Å². The lowest BCUT2D eigenvalue weighted by atomic mass is 9.98. The zero-order valence-electron chi connectivity index (χ0n) is 22.1. The van der Waals surface area contributed by atoms with Gasteiger partial charge in [-0.25, -0.2) is 14.4 Å². The molecule has 1 N–H and O–H groups in total. The van der Waals surface area contributed by atoms with Crippen LogP contribution in [-0.2, 0) is 16.0 Å². The molecule has 0 aliphatic carbocycles. The molecule has 1 heterocycles. The summed E-state index contributed by atoms with van der Waals surface area (Å²) in [5.41, 5.74) is 2.15. The summed E-state index contributed by atoms with van der Waals surface area (Å²) in [6, 6.07) is 12.2. The van der Waals surface area contributed by atoms with Gasteiger partial charge in [0.25, 0.3) is 0 Å². The van der Waals surface area contributed by atoms with Crippen LogP contribution in [0.4, 0.5) is 4.79 Å². The molecule has 1 aromatic heterocycles. The second-order valence-electron chi connectivity index (χ2n) is 10.5. The fourth-order valence-corrected chi connectivity index (χ4v) is 4.04. The number of rotatable bonds is 7. The highest BCUT2D eigenvalue weighted by molar-refractivity contribution is 5.92. The maximum absolute atomic E-state index is 13.3. The van der Waals surface area contributed by atoms with Crippen molar-refractivity contribution in [1.29, 1.82) is 0 Å². The maximum atomic E-state index is 13.3. The van der Waals surface area contributed by atoms with E-state index in [0.29, 0.717) is 34.9 Å². The zero-order chi connectivity index (χ0) is 26.6. The highest BCUT2D eigenvalue weighted by atomic mass is 16.6. The number of hydrogen-bond donors (Lipinski definition) is 1. The minimum atomic E-state index is -0.907. The monoisotopic (exact) mass is 493 g/mol. The van der Waals surface area contributed by atoms with Crippen molar-refractivity contribution in [2.75, 3.05) is 0 Å². The Morgan fingerprint density at radius 2 is 1.72 bits per heavy atom. The van der Waals surface area contributed by atoms with Gasteiger partial charge in [-0.3, -0.25) is 0 Å². The second kappa shape index (κ2) is 11.0. The van der Waals surface area contributed by atoms with E-state index < -0.39 is 29.3 Å². The molecule has 0 aliphatic heterocycles. The molecule has 1 atom stereocenters. The van der Waals surface area contributed by atoms with Crippen LogP contribution in [0.5, 0.6) is 5.75 Å². The van der Waals surface area contributed by atoms with Gasteiger partial charge in [0.2, 0.25) is 0 Å². The van der Waals surface area contributed by atoms with E-state index in [1.807, 2.05) is 58.0 Å². The van der Waals surface area contributed by atoms with Gasteiger partial charge in [-0.2, -0.15) is 0 Å². The predicted molar refractivity (Wildman–Crippen MR) is 139 cm³/mol. The number of esters is 1. The quantitative estimate of drug-likeness (QED) is 0.252. The zero-order valence-corrected chi connectivity index (χ0v) is 22.1. The van der Waals surface area contributed by atoms with Crippen molar-refractivity contribution >= 4 is 23.0 Å². The molecular formula is C29H35NO6. The average Bonchev–Trinajstić information content (AvgIpc) is 2.74. The van der Waals surface area contributed by atoms with E-state index in [0.717, 1.165) is 11.1 Å². The van der Waals surface area contributed by atoms with E-state index in [1.165, 1.54) is 0 Å². The lowest BCUT2D eigenvalue weighted by molar-refractivity contribution is -0.137. The number of nitrogens with one attached hydrogen (secondary N) is 1. The maximum Gasteiger partial charge on any atom is 0.408 e. The van der Waals surface area contributed by atoms with Gasteiger partial charge in [-0.1, -0.05) is 44.2 Å². The molecule has 0 aliphatic rings. The third kappa shape index (κ3) is 6.97. The predicted octanol–water partition coefficient (Wildman–Crippen LogP) is 5.85. The Morgan fingerprint density at radius 1 is 1.06 bits per heavy atom. The number of amides is 1. The molecule has 192 valence electrons. The van der Waals surface area contributed by atoms with Crippen molar-refractivity contribution in [3.63, 3.8) is 0 Å². The first-order valence-corrected chi connectivity index (χ1v) is 12.2. The number of carbonyl (C=O) groups excluding carboxylic acids is 2. The van der Waals surface area contributed by atoms with Crippen LogP contribution in [0.25, 0.3) is 11.0 Å². The Bertz CT molecular complexity index is 1300. The van der Waals surface area contributed by atoms with Gasteiger partial charge >= 0.3 is 17.7 Å². The normalized spacial score (nSPS) is 12.4. The van der Waals surface area contributed by atoms with Crippen LogP contribution in [0.3, 0.4) is 0 Å². The van der Waals surface area contributed by atoms with Gasteiger partial charge in [0.15, 0.2) is 0 Å². The smallest absolute Gasteiger partial charge is 0.408 e. The number of benzene rings is 2. The number of hydrogen-bond acceptors (Lipinski definition) is 6. The summed E-state index contributed by atoms with van der Waals surface area (Å²) in [5, 5.41) is 3.20. The third-order valence-electron chi connectivity index (χ3n) is 5.60. The molecule has 1 unspecified atom stereocenters. The van der Waals surface area contributed by atoms with Crippen molar-refractivity contribution in [2.24, 2.45) is 5.92 Å². The molecule has 0 saturated heterocycles. The largest absolute Gasteiger partial charge is 0.444 e. The summed E-state index contributed by atoms with van der Waals surface area (Å²) < 4.78 is 16.9.